The predicted molar refractivity (Wildman–Crippen MR) is 77.5 cm³/mol. The van der Waals surface area contributed by atoms with Crippen LogP contribution < -0.4 is 10.1 Å². The molecule has 0 saturated carbocycles. The Morgan fingerprint density at radius 2 is 2.11 bits per heavy atom. The number of ether oxygens (including phenoxy) is 1. The standard InChI is InChI=1S/C14H22FNO2S/c1-10(19(4)17)7-8-16-11(2)12-5-6-14(18-3)13(15)9-12/h5-6,9-11,16H,7-8H2,1-4H3. The summed E-state index contributed by atoms with van der Waals surface area (Å²) >= 11 is 0. The van der Waals surface area contributed by atoms with Gasteiger partial charge in [0.15, 0.2) is 11.6 Å². The Labute approximate surface area is 117 Å². The zero-order valence-electron chi connectivity index (χ0n) is 11.9. The van der Waals surface area contributed by atoms with Crippen molar-refractivity contribution in [1.29, 1.82) is 0 Å². The van der Waals surface area contributed by atoms with Crippen LogP contribution in [0, 0.1) is 5.82 Å². The van der Waals surface area contributed by atoms with Gasteiger partial charge in [-0.25, -0.2) is 4.39 Å². The lowest BCUT2D eigenvalue weighted by atomic mass is 10.1. The van der Waals surface area contributed by atoms with Gasteiger partial charge >= 0.3 is 0 Å². The molecule has 0 amide bonds. The first-order valence-corrected chi connectivity index (χ1v) is 7.97. The van der Waals surface area contributed by atoms with Crippen LogP contribution in [0.25, 0.3) is 0 Å². The molecule has 1 rings (SSSR count). The molecule has 1 aromatic rings. The largest absolute Gasteiger partial charge is 0.494 e. The molecule has 0 radical (unpaired) electrons. The normalized spacial score (nSPS) is 15.8. The second-order valence-electron chi connectivity index (χ2n) is 4.67. The van der Waals surface area contributed by atoms with Crippen molar-refractivity contribution in [2.24, 2.45) is 0 Å². The maximum absolute atomic E-state index is 13.6. The van der Waals surface area contributed by atoms with E-state index in [1.165, 1.54) is 13.2 Å². The molecule has 19 heavy (non-hydrogen) atoms. The molecular weight excluding hydrogens is 265 g/mol. The van der Waals surface area contributed by atoms with Crippen LogP contribution >= 0.6 is 0 Å². The first kappa shape index (κ1) is 16.1. The summed E-state index contributed by atoms with van der Waals surface area (Å²) in [5, 5.41) is 3.48. The van der Waals surface area contributed by atoms with E-state index in [1.54, 1.807) is 12.3 Å². The van der Waals surface area contributed by atoms with Crippen molar-refractivity contribution < 1.29 is 13.3 Å². The second kappa shape index (κ2) is 7.60. The van der Waals surface area contributed by atoms with E-state index in [0.29, 0.717) is 0 Å². The molecule has 0 heterocycles. The Morgan fingerprint density at radius 3 is 2.63 bits per heavy atom. The molecule has 0 aliphatic heterocycles. The lowest BCUT2D eigenvalue weighted by Crippen LogP contribution is -2.24. The second-order valence-corrected chi connectivity index (χ2v) is 6.47. The van der Waals surface area contributed by atoms with Crippen molar-refractivity contribution in [1.82, 2.24) is 5.32 Å². The van der Waals surface area contributed by atoms with Gasteiger partial charge in [0.1, 0.15) is 0 Å². The lowest BCUT2D eigenvalue weighted by molar-refractivity contribution is 0.385. The molecule has 0 fully saturated rings. The monoisotopic (exact) mass is 287 g/mol. The highest BCUT2D eigenvalue weighted by Gasteiger charge is 2.10. The van der Waals surface area contributed by atoms with E-state index in [4.69, 9.17) is 4.74 Å². The Bertz CT molecular complexity index is 439. The van der Waals surface area contributed by atoms with Crippen LogP contribution in [0.4, 0.5) is 4.39 Å². The van der Waals surface area contributed by atoms with Crippen LogP contribution in [-0.4, -0.2) is 29.4 Å². The third kappa shape index (κ3) is 4.91. The molecule has 3 unspecified atom stereocenters. The minimum absolute atomic E-state index is 0.0536. The summed E-state index contributed by atoms with van der Waals surface area (Å²) in [6.07, 6.45) is 2.55. The fourth-order valence-corrected chi connectivity index (χ4v) is 2.19. The van der Waals surface area contributed by atoms with Crippen molar-refractivity contribution in [3.8, 4) is 5.75 Å². The highest BCUT2D eigenvalue weighted by Crippen LogP contribution is 2.21. The van der Waals surface area contributed by atoms with E-state index < -0.39 is 10.8 Å². The topological polar surface area (TPSA) is 38.3 Å². The zero-order chi connectivity index (χ0) is 14.4. The summed E-state index contributed by atoms with van der Waals surface area (Å²) < 4.78 is 29.7. The quantitative estimate of drug-likeness (QED) is 0.838. The van der Waals surface area contributed by atoms with Crippen LogP contribution in [0.5, 0.6) is 5.75 Å². The Kier molecular flexibility index (Phi) is 6.45. The number of benzene rings is 1. The van der Waals surface area contributed by atoms with Gasteiger partial charge in [0, 0.05) is 28.3 Å². The van der Waals surface area contributed by atoms with E-state index in [-0.39, 0.29) is 22.9 Å². The third-order valence-electron chi connectivity index (χ3n) is 3.24. The summed E-state index contributed by atoms with van der Waals surface area (Å²) in [6.45, 7) is 4.71. The van der Waals surface area contributed by atoms with E-state index in [1.807, 2.05) is 19.9 Å². The molecule has 0 spiro atoms. The molecule has 1 aromatic carbocycles. The van der Waals surface area contributed by atoms with Gasteiger partial charge in [-0.15, -0.1) is 0 Å². The van der Waals surface area contributed by atoms with E-state index >= 15 is 0 Å². The summed E-state index contributed by atoms with van der Waals surface area (Å²) in [5.74, 6) is -0.0948. The van der Waals surface area contributed by atoms with Gasteiger partial charge in [-0.1, -0.05) is 13.0 Å². The highest BCUT2D eigenvalue weighted by molar-refractivity contribution is 7.84. The van der Waals surface area contributed by atoms with Crippen LogP contribution in [-0.2, 0) is 10.8 Å². The zero-order valence-corrected chi connectivity index (χ0v) is 12.7. The molecule has 5 heteroatoms. The first-order valence-electron chi connectivity index (χ1n) is 6.34. The van der Waals surface area contributed by atoms with Gasteiger partial charge in [0.05, 0.1) is 7.11 Å². The van der Waals surface area contributed by atoms with Gasteiger partial charge in [-0.05, 0) is 37.6 Å². The Morgan fingerprint density at radius 1 is 1.42 bits per heavy atom. The maximum Gasteiger partial charge on any atom is 0.165 e. The molecular formula is C14H22FNO2S. The number of halogens is 1. The average Bonchev–Trinajstić information content (AvgIpc) is 2.38. The number of hydrogen-bond donors (Lipinski definition) is 1. The SMILES string of the molecule is COc1ccc(C(C)NCCC(C)S(C)=O)cc1F. The van der Waals surface area contributed by atoms with E-state index in [9.17, 15) is 8.60 Å². The number of nitrogens with one attached hydrogen (secondary N) is 1. The molecule has 3 nitrogen and oxygen atoms in total. The minimum atomic E-state index is -0.794. The summed E-state index contributed by atoms with van der Waals surface area (Å²) in [6, 6.07) is 5.02. The average molecular weight is 287 g/mol. The van der Waals surface area contributed by atoms with Gasteiger partial charge in [-0.2, -0.15) is 0 Å². The van der Waals surface area contributed by atoms with E-state index in [2.05, 4.69) is 5.32 Å². The van der Waals surface area contributed by atoms with Gasteiger partial charge < -0.3 is 10.1 Å². The number of hydrogen-bond acceptors (Lipinski definition) is 3. The van der Waals surface area contributed by atoms with Crippen molar-refractivity contribution >= 4 is 10.8 Å². The van der Waals surface area contributed by atoms with Crippen molar-refractivity contribution in [2.75, 3.05) is 19.9 Å². The minimum Gasteiger partial charge on any atom is -0.494 e. The molecule has 0 aliphatic rings. The molecule has 0 saturated heterocycles. The number of rotatable bonds is 7. The first-order chi connectivity index (χ1) is 8.95. The van der Waals surface area contributed by atoms with E-state index in [0.717, 1.165) is 18.5 Å². The fourth-order valence-electron chi connectivity index (χ4n) is 1.74. The molecule has 0 bridgehead atoms. The third-order valence-corrected chi connectivity index (χ3v) is 4.61. The lowest BCUT2D eigenvalue weighted by Gasteiger charge is -2.16. The van der Waals surface area contributed by atoms with Crippen molar-refractivity contribution in [3.63, 3.8) is 0 Å². The fraction of sp³-hybridized carbons (Fsp3) is 0.571. The summed E-state index contributed by atoms with van der Waals surface area (Å²) in [4.78, 5) is 0. The van der Waals surface area contributed by atoms with Crippen LogP contribution in [0.2, 0.25) is 0 Å². The maximum atomic E-state index is 13.6. The van der Waals surface area contributed by atoms with Crippen LogP contribution in [0.15, 0.2) is 18.2 Å². The van der Waals surface area contributed by atoms with Crippen LogP contribution in [0.1, 0.15) is 31.9 Å². The van der Waals surface area contributed by atoms with Crippen LogP contribution in [0.3, 0.4) is 0 Å². The highest BCUT2D eigenvalue weighted by atomic mass is 32.2. The molecule has 1 N–H and O–H groups in total. The van der Waals surface area contributed by atoms with Crippen molar-refractivity contribution in [2.45, 2.75) is 31.6 Å². The van der Waals surface area contributed by atoms with Gasteiger partial charge in [0.2, 0.25) is 0 Å². The molecule has 108 valence electrons. The van der Waals surface area contributed by atoms with Gasteiger partial charge in [-0.3, -0.25) is 4.21 Å². The van der Waals surface area contributed by atoms with Gasteiger partial charge in [0.25, 0.3) is 0 Å². The smallest absolute Gasteiger partial charge is 0.165 e. The summed E-state index contributed by atoms with van der Waals surface area (Å²) in [7, 11) is 0.656. The predicted octanol–water partition coefficient (Wildman–Crippen LogP) is 2.64. The number of methoxy groups -OCH3 is 1. The summed E-state index contributed by atoms with van der Waals surface area (Å²) in [5.41, 5.74) is 0.878. The van der Waals surface area contributed by atoms with Crippen molar-refractivity contribution in [3.05, 3.63) is 29.6 Å². The Hall–Kier alpha value is -0.940. The molecule has 0 aromatic heterocycles. The Balaban J connectivity index is 2.52. The molecule has 3 atom stereocenters. The molecule has 0 aliphatic carbocycles.